The van der Waals surface area contributed by atoms with Crippen molar-refractivity contribution in [3.05, 3.63) is 58.4 Å². The molecule has 0 bridgehead atoms. The summed E-state index contributed by atoms with van der Waals surface area (Å²) < 4.78 is 1.77. The minimum atomic E-state index is -0.425. The number of aromatic nitrogens is 1. The second kappa shape index (κ2) is 5.01. The normalized spacial score (nSPS) is 15.4. The van der Waals surface area contributed by atoms with Gasteiger partial charge < -0.3 is 4.57 Å². The lowest BCUT2D eigenvalue weighted by Gasteiger charge is -2.17. The van der Waals surface area contributed by atoms with Crippen LogP contribution in [0.4, 0.5) is 0 Å². The number of imide groups is 1. The number of carbonyl (C=O) groups is 2. The van der Waals surface area contributed by atoms with Gasteiger partial charge in [0, 0.05) is 23.9 Å². The molecule has 2 heterocycles. The van der Waals surface area contributed by atoms with Crippen LogP contribution >= 0.6 is 0 Å². The highest BCUT2D eigenvalue weighted by atomic mass is 16.2. The van der Waals surface area contributed by atoms with Crippen molar-refractivity contribution in [3.63, 3.8) is 0 Å². The Morgan fingerprint density at radius 1 is 1.18 bits per heavy atom. The summed E-state index contributed by atoms with van der Waals surface area (Å²) in [7, 11) is 1.80. The molecule has 2 amide bonds. The largest absolute Gasteiger partial charge is 0.339 e. The molecule has 1 aliphatic heterocycles. The van der Waals surface area contributed by atoms with E-state index in [9.17, 15) is 9.59 Å². The van der Waals surface area contributed by atoms with Crippen LogP contribution in [-0.4, -0.2) is 16.4 Å². The van der Waals surface area contributed by atoms with Crippen LogP contribution in [0.15, 0.2) is 30.3 Å². The first-order valence-electron chi connectivity index (χ1n) is 6.76. The van der Waals surface area contributed by atoms with E-state index in [0.717, 1.165) is 11.3 Å². The molecule has 0 spiro atoms. The minimum absolute atomic E-state index is 0.389. The van der Waals surface area contributed by atoms with E-state index < -0.39 is 5.91 Å². The van der Waals surface area contributed by atoms with Crippen molar-refractivity contribution in [2.45, 2.75) is 6.92 Å². The van der Waals surface area contributed by atoms with Gasteiger partial charge in [-0.15, -0.1) is 0 Å². The fourth-order valence-electron chi connectivity index (χ4n) is 2.55. The molecular weight excluding hydrogens is 278 g/mol. The van der Waals surface area contributed by atoms with E-state index >= 15 is 0 Å². The quantitative estimate of drug-likeness (QED) is 0.645. The van der Waals surface area contributed by atoms with Crippen LogP contribution in [0.3, 0.4) is 0 Å². The van der Waals surface area contributed by atoms with Gasteiger partial charge in [-0.25, -0.2) is 0 Å². The van der Waals surface area contributed by atoms with Gasteiger partial charge in [0.1, 0.15) is 11.8 Å². The highest BCUT2D eigenvalue weighted by Crippen LogP contribution is 2.27. The first-order valence-corrected chi connectivity index (χ1v) is 6.76. The van der Waals surface area contributed by atoms with Crippen LogP contribution in [0.1, 0.15) is 32.9 Å². The molecule has 0 saturated heterocycles. The monoisotopic (exact) mass is 291 g/mol. The van der Waals surface area contributed by atoms with Crippen LogP contribution < -0.4 is 5.32 Å². The highest BCUT2D eigenvalue weighted by Gasteiger charge is 2.26. The highest BCUT2D eigenvalue weighted by molar-refractivity contribution is 6.34. The van der Waals surface area contributed by atoms with Crippen molar-refractivity contribution in [1.29, 1.82) is 5.26 Å². The second-order valence-electron chi connectivity index (χ2n) is 5.13. The molecular formula is C17H13N3O2. The zero-order chi connectivity index (χ0) is 15.9. The number of carbonyl (C=O) groups excluding carboxylic acids is 2. The lowest BCUT2D eigenvalue weighted by molar-refractivity contribution is -0.114. The zero-order valence-electron chi connectivity index (χ0n) is 12.2. The Bertz CT molecular complexity index is 882. The number of fused-ring (bicyclic) bond motifs is 1. The van der Waals surface area contributed by atoms with Gasteiger partial charge in [0.2, 0.25) is 0 Å². The smallest absolute Gasteiger partial charge is 0.258 e. The molecule has 5 heteroatoms. The van der Waals surface area contributed by atoms with Crippen molar-refractivity contribution in [1.82, 2.24) is 9.88 Å². The lowest BCUT2D eigenvalue weighted by atomic mass is 9.93. The Morgan fingerprint density at radius 2 is 1.86 bits per heavy atom. The maximum atomic E-state index is 12.2. The first-order chi connectivity index (χ1) is 10.5. The van der Waals surface area contributed by atoms with Gasteiger partial charge in [-0.3, -0.25) is 14.9 Å². The molecule has 3 rings (SSSR count). The Morgan fingerprint density at radius 3 is 2.50 bits per heavy atom. The van der Waals surface area contributed by atoms with Gasteiger partial charge in [0.25, 0.3) is 11.8 Å². The maximum Gasteiger partial charge on any atom is 0.258 e. The number of benzene rings is 1. The van der Waals surface area contributed by atoms with E-state index in [1.807, 2.05) is 6.92 Å². The average Bonchev–Trinajstić information content (AvgIpc) is 2.79. The molecule has 1 aromatic heterocycles. The third-order valence-corrected chi connectivity index (χ3v) is 3.92. The van der Waals surface area contributed by atoms with Crippen LogP contribution in [-0.2, 0) is 11.8 Å². The number of nitrogens with one attached hydrogen (secondary N) is 1. The second-order valence-corrected chi connectivity index (χ2v) is 5.13. The Labute approximate surface area is 127 Å². The number of hydrogen-bond donors (Lipinski definition) is 1. The number of nitriles is 1. The summed E-state index contributed by atoms with van der Waals surface area (Å²) in [4.78, 5) is 24.0. The summed E-state index contributed by atoms with van der Waals surface area (Å²) in [5, 5.41) is 11.4. The van der Waals surface area contributed by atoms with Crippen molar-refractivity contribution in [2.75, 3.05) is 0 Å². The van der Waals surface area contributed by atoms with E-state index in [1.54, 1.807) is 48.0 Å². The predicted octanol–water partition coefficient (Wildman–Crippen LogP) is 2.02. The van der Waals surface area contributed by atoms with E-state index in [4.69, 9.17) is 5.26 Å². The summed E-state index contributed by atoms with van der Waals surface area (Å²) in [5.41, 5.74) is 3.69. The van der Waals surface area contributed by atoms with E-state index in [0.29, 0.717) is 22.4 Å². The van der Waals surface area contributed by atoms with Crippen molar-refractivity contribution >= 4 is 23.5 Å². The number of rotatable bonds is 1. The zero-order valence-corrected chi connectivity index (χ0v) is 12.2. The van der Waals surface area contributed by atoms with Crippen LogP contribution in [0.2, 0.25) is 0 Å². The third-order valence-electron chi connectivity index (χ3n) is 3.92. The fraction of sp³-hybridized carbons (Fsp3) is 0.118. The van der Waals surface area contributed by atoms with Crippen LogP contribution in [0.25, 0.3) is 11.6 Å². The molecule has 1 aromatic carbocycles. The summed E-state index contributed by atoms with van der Waals surface area (Å²) >= 11 is 0. The number of amides is 2. The molecule has 1 aliphatic rings. The number of hydrogen-bond acceptors (Lipinski definition) is 3. The van der Waals surface area contributed by atoms with Gasteiger partial charge in [-0.2, -0.15) is 5.26 Å². The summed E-state index contributed by atoms with van der Waals surface area (Å²) in [6, 6.07) is 10.8. The summed E-state index contributed by atoms with van der Waals surface area (Å²) in [5.74, 6) is -0.814. The molecule has 108 valence electrons. The summed E-state index contributed by atoms with van der Waals surface area (Å²) in [6.45, 7) is 1.88. The van der Waals surface area contributed by atoms with Gasteiger partial charge >= 0.3 is 0 Å². The molecule has 1 N–H and O–H groups in total. The molecule has 0 unspecified atom stereocenters. The Kier molecular flexibility index (Phi) is 3.15. The Balaban J connectivity index is 2.20. The van der Waals surface area contributed by atoms with Crippen LogP contribution in [0, 0.1) is 18.3 Å². The SMILES string of the molecule is Cc1c(C=C2C(=O)NC(=O)c3ccccc32)cc(C#N)n1C. The molecule has 0 radical (unpaired) electrons. The van der Waals surface area contributed by atoms with Gasteiger partial charge in [0.15, 0.2) is 0 Å². The van der Waals surface area contributed by atoms with E-state index in [1.165, 1.54) is 0 Å². The molecule has 22 heavy (non-hydrogen) atoms. The topological polar surface area (TPSA) is 74.9 Å². The minimum Gasteiger partial charge on any atom is -0.339 e. The van der Waals surface area contributed by atoms with Crippen molar-refractivity contribution < 1.29 is 9.59 Å². The number of nitrogens with zero attached hydrogens (tertiary/aromatic N) is 2. The average molecular weight is 291 g/mol. The van der Waals surface area contributed by atoms with Gasteiger partial charge in [0.05, 0.1) is 0 Å². The van der Waals surface area contributed by atoms with Crippen molar-refractivity contribution in [3.8, 4) is 6.07 Å². The summed E-state index contributed by atoms with van der Waals surface area (Å²) in [6.07, 6.45) is 1.72. The fourth-order valence-corrected chi connectivity index (χ4v) is 2.55. The molecule has 0 saturated carbocycles. The first kappa shape index (κ1) is 13.8. The van der Waals surface area contributed by atoms with Gasteiger partial charge in [-0.05, 0) is 36.3 Å². The maximum absolute atomic E-state index is 12.2. The van der Waals surface area contributed by atoms with E-state index in [2.05, 4.69) is 11.4 Å². The molecule has 0 atom stereocenters. The predicted molar refractivity (Wildman–Crippen MR) is 81.7 cm³/mol. The molecule has 0 fully saturated rings. The molecule has 2 aromatic rings. The molecule has 5 nitrogen and oxygen atoms in total. The van der Waals surface area contributed by atoms with Crippen LogP contribution in [0.5, 0.6) is 0 Å². The molecule has 0 aliphatic carbocycles. The van der Waals surface area contributed by atoms with Crippen molar-refractivity contribution in [2.24, 2.45) is 7.05 Å². The Hall–Kier alpha value is -3.13. The van der Waals surface area contributed by atoms with Gasteiger partial charge in [-0.1, -0.05) is 18.2 Å². The van der Waals surface area contributed by atoms with E-state index in [-0.39, 0.29) is 5.91 Å². The standard InChI is InChI=1S/C17H13N3O2/c1-10-11(7-12(9-18)20(10)2)8-15-13-5-3-4-6-14(13)16(21)19-17(15)22/h3-8H,1-2H3,(H,19,21,22). The third kappa shape index (κ3) is 2.02. The lowest BCUT2D eigenvalue weighted by Crippen LogP contribution is -2.36.